The van der Waals surface area contributed by atoms with Crippen molar-refractivity contribution in [2.45, 2.75) is 13.0 Å². The molecule has 0 aliphatic rings. The molecule has 0 fully saturated rings. The summed E-state index contributed by atoms with van der Waals surface area (Å²) in [4.78, 5) is 26.3. The number of rotatable bonds is 8. The number of methoxy groups -OCH3 is 3. The van der Waals surface area contributed by atoms with E-state index in [2.05, 4.69) is 0 Å². The van der Waals surface area contributed by atoms with Gasteiger partial charge in [-0.1, -0.05) is 60.2 Å². The van der Waals surface area contributed by atoms with Gasteiger partial charge >= 0.3 is 5.97 Å². The molecule has 6 heteroatoms. The number of carbonyl (C=O) groups is 2. The van der Waals surface area contributed by atoms with Gasteiger partial charge in [0.15, 0.2) is 17.6 Å². The monoisotopic (exact) mass is 420 g/mol. The maximum absolute atomic E-state index is 13.2. The highest BCUT2D eigenvalue weighted by molar-refractivity contribution is 6.02. The van der Waals surface area contributed by atoms with Crippen LogP contribution in [-0.4, -0.2) is 33.1 Å². The van der Waals surface area contributed by atoms with E-state index in [1.165, 1.54) is 33.5 Å². The molecule has 0 bridgehead atoms. The molecule has 0 aliphatic carbocycles. The van der Waals surface area contributed by atoms with Crippen molar-refractivity contribution in [3.05, 3.63) is 89.0 Å². The van der Waals surface area contributed by atoms with E-state index in [0.717, 1.165) is 5.56 Å². The smallest absolute Gasteiger partial charge is 0.339 e. The van der Waals surface area contributed by atoms with E-state index in [9.17, 15) is 9.59 Å². The molecule has 0 aromatic heterocycles. The second kappa shape index (κ2) is 9.80. The highest BCUT2D eigenvalue weighted by Crippen LogP contribution is 2.38. The first kappa shape index (κ1) is 21.9. The van der Waals surface area contributed by atoms with E-state index in [4.69, 9.17) is 18.9 Å². The van der Waals surface area contributed by atoms with Gasteiger partial charge in [-0.05, 0) is 19.1 Å². The van der Waals surface area contributed by atoms with E-state index < -0.39 is 12.1 Å². The van der Waals surface area contributed by atoms with Crippen molar-refractivity contribution in [1.29, 1.82) is 0 Å². The zero-order valence-corrected chi connectivity index (χ0v) is 17.9. The minimum absolute atomic E-state index is 0.173. The van der Waals surface area contributed by atoms with Gasteiger partial charge in [-0.2, -0.15) is 0 Å². The molecule has 0 spiro atoms. The lowest BCUT2D eigenvalue weighted by Gasteiger charge is -2.19. The molecule has 160 valence electrons. The normalized spacial score (nSPS) is 11.4. The number of esters is 1. The third kappa shape index (κ3) is 4.86. The van der Waals surface area contributed by atoms with Gasteiger partial charge in [0.05, 0.1) is 26.9 Å². The molecule has 0 radical (unpaired) electrons. The molecule has 0 heterocycles. The number of benzene rings is 3. The predicted molar refractivity (Wildman–Crippen MR) is 116 cm³/mol. The number of hydrogen-bond donors (Lipinski definition) is 0. The van der Waals surface area contributed by atoms with Gasteiger partial charge in [0, 0.05) is 11.1 Å². The molecular formula is C25H24O6. The summed E-state index contributed by atoms with van der Waals surface area (Å²) in [6, 6.07) is 19.0. The molecule has 0 saturated carbocycles. The molecule has 0 aliphatic heterocycles. The van der Waals surface area contributed by atoms with Crippen molar-refractivity contribution in [1.82, 2.24) is 0 Å². The number of ketones is 1. The quantitative estimate of drug-likeness (QED) is 0.385. The lowest BCUT2D eigenvalue weighted by molar-refractivity contribution is 0.0279. The van der Waals surface area contributed by atoms with E-state index in [1.807, 2.05) is 25.1 Å². The van der Waals surface area contributed by atoms with Crippen molar-refractivity contribution in [2.75, 3.05) is 21.3 Å². The Labute approximate surface area is 181 Å². The van der Waals surface area contributed by atoms with Crippen LogP contribution < -0.4 is 14.2 Å². The Morgan fingerprint density at radius 2 is 1.32 bits per heavy atom. The van der Waals surface area contributed by atoms with Crippen molar-refractivity contribution in [2.24, 2.45) is 0 Å². The first-order valence-corrected chi connectivity index (χ1v) is 9.65. The summed E-state index contributed by atoms with van der Waals surface area (Å²) in [6.07, 6.45) is -1.10. The van der Waals surface area contributed by atoms with Gasteiger partial charge in [-0.25, -0.2) is 4.79 Å². The third-order valence-corrected chi connectivity index (χ3v) is 4.80. The van der Waals surface area contributed by atoms with Crippen molar-refractivity contribution < 1.29 is 28.5 Å². The minimum atomic E-state index is -1.10. The fraction of sp³-hybridized carbons (Fsp3) is 0.200. The van der Waals surface area contributed by atoms with Gasteiger partial charge in [-0.3, -0.25) is 4.79 Å². The molecule has 31 heavy (non-hydrogen) atoms. The zero-order valence-electron chi connectivity index (χ0n) is 17.9. The molecule has 0 N–H and O–H groups in total. The maximum atomic E-state index is 13.2. The number of Topliss-reactive ketones (excluding diaryl/α,β-unsaturated/α-hetero) is 1. The van der Waals surface area contributed by atoms with Gasteiger partial charge in [-0.15, -0.1) is 0 Å². The second-order valence-corrected chi connectivity index (χ2v) is 6.84. The highest BCUT2D eigenvalue weighted by Gasteiger charge is 2.28. The van der Waals surface area contributed by atoms with Crippen LogP contribution in [-0.2, 0) is 4.74 Å². The Balaban J connectivity index is 1.97. The van der Waals surface area contributed by atoms with Crippen molar-refractivity contribution in [3.63, 3.8) is 0 Å². The van der Waals surface area contributed by atoms with Gasteiger partial charge in [0.25, 0.3) is 0 Å². The van der Waals surface area contributed by atoms with Crippen LogP contribution in [0.3, 0.4) is 0 Å². The SMILES string of the molecule is COc1cc(C(=O)O[C@H](C(=O)c2ccc(C)cc2)c2ccccc2)cc(OC)c1OC. The van der Waals surface area contributed by atoms with Crippen LogP contribution in [0.15, 0.2) is 66.7 Å². The Bertz CT molecular complexity index is 1030. The van der Waals surface area contributed by atoms with E-state index >= 15 is 0 Å². The second-order valence-electron chi connectivity index (χ2n) is 6.84. The van der Waals surface area contributed by atoms with Crippen LogP contribution in [0.1, 0.15) is 37.9 Å². The largest absolute Gasteiger partial charge is 0.493 e. The van der Waals surface area contributed by atoms with Crippen LogP contribution >= 0.6 is 0 Å². The first-order chi connectivity index (χ1) is 15.0. The molecule has 3 aromatic rings. The summed E-state index contributed by atoms with van der Waals surface area (Å²) in [5.74, 6) is -0.0118. The first-order valence-electron chi connectivity index (χ1n) is 9.65. The average molecular weight is 420 g/mol. The zero-order chi connectivity index (χ0) is 22.4. The number of aryl methyl sites for hydroxylation is 1. The molecule has 0 amide bonds. The molecule has 3 rings (SSSR count). The lowest BCUT2D eigenvalue weighted by Crippen LogP contribution is -2.20. The molecule has 0 saturated heterocycles. The average Bonchev–Trinajstić information content (AvgIpc) is 2.81. The Hall–Kier alpha value is -3.80. The number of carbonyl (C=O) groups excluding carboxylic acids is 2. The Morgan fingerprint density at radius 1 is 0.742 bits per heavy atom. The highest BCUT2D eigenvalue weighted by atomic mass is 16.5. The Kier molecular flexibility index (Phi) is 6.92. The Morgan fingerprint density at radius 3 is 1.84 bits per heavy atom. The summed E-state index contributed by atoms with van der Waals surface area (Å²) in [7, 11) is 4.39. The summed E-state index contributed by atoms with van der Waals surface area (Å²) in [5, 5.41) is 0. The van der Waals surface area contributed by atoms with Gasteiger partial charge < -0.3 is 18.9 Å². The van der Waals surface area contributed by atoms with Crippen LogP contribution in [0.5, 0.6) is 17.2 Å². The minimum Gasteiger partial charge on any atom is -0.493 e. The third-order valence-electron chi connectivity index (χ3n) is 4.80. The molecule has 1 atom stereocenters. The standard InChI is InChI=1S/C25H24O6/c1-16-10-12-17(13-11-16)22(26)23(18-8-6-5-7-9-18)31-25(27)19-14-20(28-2)24(30-4)21(15-19)29-3/h5-15,23H,1-4H3/t23-/m0/s1. The topological polar surface area (TPSA) is 71.1 Å². The van der Waals surface area contributed by atoms with Crippen molar-refractivity contribution in [3.8, 4) is 17.2 Å². The summed E-state index contributed by atoms with van der Waals surface area (Å²) in [5.41, 5.74) is 2.24. The summed E-state index contributed by atoms with van der Waals surface area (Å²) >= 11 is 0. The van der Waals surface area contributed by atoms with E-state index in [1.54, 1.807) is 36.4 Å². The molecule has 3 aromatic carbocycles. The molecule has 0 unspecified atom stereocenters. The number of ether oxygens (including phenoxy) is 4. The molecular weight excluding hydrogens is 396 g/mol. The van der Waals surface area contributed by atoms with Crippen molar-refractivity contribution >= 4 is 11.8 Å². The van der Waals surface area contributed by atoms with E-state index in [0.29, 0.717) is 28.4 Å². The summed E-state index contributed by atoms with van der Waals surface area (Å²) in [6.45, 7) is 1.94. The van der Waals surface area contributed by atoms with Crippen LogP contribution in [0.4, 0.5) is 0 Å². The molecule has 6 nitrogen and oxygen atoms in total. The number of hydrogen-bond acceptors (Lipinski definition) is 6. The van der Waals surface area contributed by atoms with Gasteiger partial charge in [0.2, 0.25) is 11.5 Å². The van der Waals surface area contributed by atoms with Crippen LogP contribution in [0, 0.1) is 6.92 Å². The fourth-order valence-electron chi connectivity index (χ4n) is 3.14. The van der Waals surface area contributed by atoms with Gasteiger partial charge in [0.1, 0.15) is 0 Å². The van der Waals surface area contributed by atoms with E-state index in [-0.39, 0.29) is 11.3 Å². The lowest BCUT2D eigenvalue weighted by atomic mass is 9.99. The fourth-order valence-corrected chi connectivity index (χ4v) is 3.14. The summed E-state index contributed by atoms with van der Waals surface area (Å²) < 4.78 is 21.6. The van der Waals surface area contributed by atoms with Crippen LogP contribution in [0.2, 0.25) is 0 Å². The van der Waals surface area contributed by atoms with Crippen LogP contribution in [0.25, 0.3) is 0 Å². The predicted octanol–water partition coefficient (Wildman–Crippen LogP) is 4.80. The maximum Gasteiger partial charge on any atom is 0.339 e.